The van der Waals surface area contributed by atoms with Crippen molar-refractivity contribution in [1.29, 1.82) is 0 Å². The molecule has 516 valence electrons. The second kappa shape index (κ2) is 59.1. The first-order valence-electron chi connectivity index (χ1n) is 35.4. The Morgan fingerprint density at radius 2 is 0.586 bits per heavy atom. The maximum Gasteiger partial charge on any atom is 0.472 e. The molecule has 0 radical (unpaired) electrons. The average Bonchev–Trinajstić information content (AvgIpc) is 3.71. The number of carbonyl (C=O) groups excluding carboxylic acids is 4. The zero-order valence-electron chi connectivity index (χ0n) is 56.5. The van der Waals surface area contributed by atoms with Gasteiger partial charge in [-0.05, 0) is 43.4 Å². The molecule has 0 saturated heterocycles. The van der Waals surface area contributed by atoms with Crippen molar-refractivity contribution in [3.8, 4) is 0 Å². The summed E-state index contributed by atoms with van der Waals surface area (Å²) in [5.74, 6) is 0.169. The van der Waals surface area contributed by atoms with E-state index in [2.05, 4.69) is 48.5 Å². The minimum atomic E-state index is -4.95. The van der Waals surface area contributed by atoms with E-state index in [0.29, 0.717) is 25.7 Å². The van der Waals surface area contributed by atoms with E-state index < -0.39 is 97.5 Å². The lowest BCUT2D eigenvalue weighted by Crippen LogP contribution is -2.30. The fourth-order valence-corrected chi connectivity index (χ4v) is 11.7. The summed E-state index contributed by atoms with van der Waals surface area (Å²) >= 11 is 0. The molecule has 87 heavy (non-hydrogen) atoms. The normalized spacial score (nSPS) is 14.9. The second-order valence-corrected chi connectivity index (χ2v) is 28.4. The molecule has 0 heterocycles. The highest BCUT2D eigenvalue weighted by atomic mass is 31.2. The second-order valence-electron chi connectivity index (χ2n) is 25.5. The third-order valence-corrected chi connectivity index (χ3v) is 18.3. The number of aliphatic hydroxyl groups excluding tert-OH is 1. The van der Waals surface area contributed by atoms with E-state index in [1.165, 1.54) is 148 Å². The highest BCUT2D eigenvalue weighted by molar-refractivity contribution is 7.47. The Labute approximate surface area is 530 Å². The van der Waals surface area contributed by atoms with E-state index in [4.69, 9.17) is 37.0 Å². The molecule has 0 aliphatic carbocycles. The molecule has 0 aliphatic heterocycles. The Morgan fingerprint density at radius 3 is 0.874 bits per heavy atom. The van der Waals surface area contributed by atoms with Crippen LogP contribution < -0.4 is 0 Å². The highest BCUT2D eigenvalue weighted by Gasteiger charge is 2.30. The summed E-state index contributed by atoms with van der Waals surface area (Å²) in [5.41, 5.74) is 0. The lowest BCUT2D eigenvalue weighted by Gasteiger charge is -2.21. The van der Waals surface area contributed by atoms with Crippen molar-refractivity contribution in [1.82, 2.24) is 0 Å². The van der Waals surface area contributed by atoms with Crippen LogP contribution in [0.4, 0.5) is 0 Å². The van der Waals surface area contributed by atoms with E-state index in [0.717, 1.165) is 108 Å². The van der Waals surface area contributed by atoms with Gasteiger partial charge in [0.15, 0.2) is 12.2 Å². The van der Waals surface area contributed by atoms with Gasteiger partial charge in [0, 0.05) is 25.7 Å². The molecule has 7 atom stereocenters. The van der Waals surface area contributed by atoms with E-state index in [1.807, 2.05) is 0 Å². The first-order chi connectivity index (χ1) is 41.8. The number of aliphatic hydroxyl groups is 1. The summed E-state index contributed by atoms with van der Waals surface area (Å²) in [7, 11) is -9.90. The number of carbonyl (C=O) groups is 4. The zero-order chi connectivity index (χ0) is 64.5. The molecular formula is C68H132O17P2. The van der Waals surface area contributed by atoms with Crippen LogP contribution in [0.25, 0.3) is 0 Å². The molecule has 0 fully saturated rings. The Morgan fingerprint density at radius 1 is 0.333 bits per heavy atom. The number of hydrogen-bond acceptors (Lipinski definition) is 15. The molecule has 0 spiro atoms. The van der Waals surface area contributed by atoms with Gasteiger partial charge in [0.2, 0.25) is 0 Å². The predicted molar refractivity (Wildman–Crippen MR) is 349 cm³/mol. The fourth-order valence-electron chi connectivity index (χ4n) is 10.1. The van der Waals surface area contributed by atoms with Gasteiger partial charge in [-0.1, -0.05) is 286 Å². The lowest BCUT2D eigenvalue weighted by atomic mass is 9.99. The first kappa shape index (κ1) is 85.1. The molecule has 17 nitrogen and oxygen atoms in total. The van der Waals surface area contributed by atoms with Gasteiger partial charge in [0.05, 0.1) is 26.4 Å². The van der Waals surface area contributed by atoms with Crippen molar-refractivity contribution in [2.45, 2.75) is 356 Å². The maximum absolute atomic E-state index is 13.0. The van der Waals surface area contributed by atoms with Crippen LogP contribution in [0.2, 0.25) is 0 Å². The minimum Gasteiger partial charge on any atom is -0.462 e. The lowest BCUT2D eigenvalue weighted by molar-refractivity contribution is -0.161. The summed E-state index contributed by atoms with van der Waals surface area (Å²) in [5, 5.41) is 10.6. The molecule has 19 heteroatoms. The summed E-state index contributed by atoms with van der Waals surface area (Å²) in [4.78, 5) is 72.4. The largest absolute Gasteiger partial charge is 0.472 e. The smallest absolute Gasteiger partial charge is 0.462 e. The Balaban J connectivity index is 5.27. The van der Waals surface area contributed by atoms with E-state index in [9.17, 15) is 43.2 Å². The van der Waals surface area contributed by atoms with Crippen LogP contribution in [-0.4, -0.2) is 96.7 Å². The Kier molecular flexibility index (Phi) is 57.8. The van der Waals surface area contributed by atoms with Crippen molar-refractivity contribution in [3.63, 3.8) is 0 Å². The molecule has 0 aliphatic rings. The van der Waals surface area contributed by atoms with Crippen LogP contribution in [-0.2, 0) is 65.4 Å². The molecule has 0 aromatic heterocycles. The third-order valence-electron chi connectivity index (χ3n) is 16.4. The van der Waals surface area contributed by atoms with Crippen LogP contribution in [0.5, 0.6) is 0 Å². The summed E-state index contributed by atoms with van der Waals surface area (Å²) in [6.07, 6.45) is 41.5. The number of ether oxygens (including phenoxy) is 4. The third kappa shape index (κ3) is 60.1. The van der Waals surface area contributed by atoms with Crippen LogP contribution in [0.3, 0.4) is 0 Å². The highest BCUT2D eigenvalue weighted by Crippen LogP contribution is 2.45. The number of hydrogen-bond donors (Lipinski definition) is 3. The quantitative estimate of drug-likeness (QED) is 0.0222. The van der Waals surface area contributed by atoms with Gasteiger partial charge in [0.1, 0.15) is 19.3 Å². The van der Waals surface area contributed by atoms with Gasteiger partial charge in [-0.3, -0.25) is 37.3 Å². The van der Waals surface area contributed by atoms with Crippen molar-refractivity contribution in [2.24, 2.45) is 17.8 Å². The molecule has 0 aromatic carbocycles. The molecule has 0 saturated carbocycles. The van der Waals surface area contributed by atoms with Crippen molar-refractivity contribution < 1.29 is 80.2 Å². The van der Waals surface area contributed by atoms with Crippen molar-refractivity contribution >= 4 is 39.5 Å². The first-order valence-corrected chi connectivity index (χ1v) is 38.4. The van der Waals surface area contributed by atoms with Gasteiger partial charge in [-0.25, -0.2) is 9.13 Å². The van der Waals surface area contributed by atoms with Crippen LogP contribution >= 0.6 is 15.6 Å². The van der Waals surface area contributed by atoms with Crippen molar-refractivity contribution in [3.05, 3.63) is 0 Å². The minimum absolute atomic E-state index is 0.105. The van der Waals surface area contributed by atoms with Gasteiger partial charge in [-0.15, -0.1) is 0 Å². The summed E-state index contributed by atoms with van der Waals surface area (Å²) in [6, 6.07) is 0. The summed E-state index contributed by atoms with van der Waals surface area (Å²) in [6.45, 7) is 11.8. The SMILES string of the molecule is CCCCCCCCCCCCC(=O)OC[C@H](COP(=O)(O)OC[C@H](O)COP(=O)(O)OC[C@@H](COC(=O)CCCCCCCCCCC(C)CC)OC(=O)CCCCCCCCCCCCC(C)C)OC(=O)CCCCCCCCCCC(C)CC. The molecular weight excluding hydrogens is 1150 g/mol. The van der Waals surface area contributed by atoms with Gasteiger partial charge >= 0.3 is 39.5 Å². The summed E-state index contributed by atoms with van der Waals surface area (Å²) < 4.78 is 68.2. The predicted octanol–water partition coefficient (Wildman–Crippen LogP) is 19.1. The number of unbranched alkanes of at least 4 members (excludes halogenated alkanes) is 32. The van der Waals surface area contributed by atoms with E-state index in [-0.39, 0.29) is 25.7 Å². The van der Waals surface area contributed by atoms with Crippen molar-refractivity contribution in [2.75, 3.05) is 39.6 Å². The monoisotopic (exact) mass is 1280 g/mol. The van der Waals surface area contributed by atoms with Gasteiger partial charge < -0.3 is 33.8 Å². The number of phosphoric ester groups is 2. The van der Waals surface area contributed by atoms with Crippen LogP contribution in [0, 0.1) is 17.8 Å². The topological polar surface area (TPSA) is 237 Å². The van der Waals surface area contributed by atoms with Crippen LogP contribution in [0.1, 0.15) is 337 Å². The number of esters is 4. The fraction of sp³-hybridized carbons (Fsp3) is 0.941. The van der Waals surface area contributed by atoms with E-state index >= 15 is 0 Å². The molecule has 4 unspecified atom stereocenters. The molecule has 0 amide bonds. The number of phosphoric acid groups is 2. The molecule has 0 bridgehead atoms. The molecule has 3 N–H and O–H groups in total. The number of rotatable bonds is 66. The average molecular weight is 1280 g/mol. The van der Waals surface area contributed by atoms with Gasteiger partial charge in [0.25, 0.3) is 0 Å². The molecule has 0 aromatic rings. The van der Waals surface area contributed by atoms with Crippen LogP contribution in [0.15, 0.2) is 0 Å². The van der Waals surface area contributed by atoms with Gasteiger partial charge in [-0.2, -0.15) is 0 Å². The standard InChI is InChI=1S/C68H132O17P2/c1-8-11-12-13-14-15-19-28-35-42-49-65(70)78-55-64(85-68(73)52-45-38-31-24-22-27-34-41-48-61(7)10-3)58-83-87(76,77)81-54-62(69)53-80-86(74,75)82-57-63(56-79-66(71)50-43-36-29-23-21-26-33-40-47-60(6)9-2)84-67(72)51-44-37-30-20-17-16-18-25-32-39-46-59(4)5/h59-64,69H,8-58H2,1-7H3,(H,74,75)(H,76,77)/t60?,61?,62-,63-,64-/m1/s1. The Bertz CT molecular complexity index is 1720. The molecule has 0 rings (SSSR count). The zero-order valence-corrected chi connectivity index (χ0v) is 58.3. The Hall–Kier alpha value is -1.94. The maximum atomic E-state index is 13.0. The van der Waals surface area contributed by atoms with E-state index in [1.54, 1.807) is 0 Å².